The average Bonchev–Trinajstić information content (AvgIpc) is 3.22. The predicted molar refractivity (Wildman–Crippen MR) is 134 cm³/mol. The Balaban J connectivity index is 1.36. The number of hydrogen-bond donors (Lipinski definition) is 1. The molecule has 1 unspecified atom stereocenters. The van der Waals surface area contributed by atoms with Gasteiger partial charge in [0.15, 0.2) is 5.13 Å². The minimum absolute atomic E-state index is 0.0558. The molecule has 0 saturated carbocycles. The van der Waals surface area contributed by atoms with Crippen LogP contribution in [0.5, 0.6) is 0 Å². The summed E-state index contributed by atoms with van der Waals surface area (Å²) in [4.78, 5) is 39.6. The molecule has 0 spiro atoms. The number of anilines is 2. The van der Waals surface area contributed by atoms with Crippen molar-refractivity contribution in [2.75, 3.05) is 25.0 Å². The second-order valence-electron chi connectivity index (χ2n) is 10.2. The molecule has 0 radical (unpaired) electrons. The topological polar surface area (TPSA) is 87.7 Å². The zero-order valence-corrected chi connectivity index (χ0v) is 21.4. The van der Waals surface area contributed by atoms with E-state index >= 15 is 0 Å². The molecular weight excluding hydrogens is 450 g/mol. The number of aromatic nitrogens is 2. The molecule has 8 nitrogen and oxygen atoms in total. The number of nitrogens with one attached hydrogen (secondary N) is 1. The number of ether oxygens (including phenoxy) is 1. The number of pyridine rings is 1. The minimum Gasteiger partial charge on any atom is -0.444 e. The van der Waals surface area contributed by atoms with E-state index in [1.165, 1.54) is 5.56 Å². The maximum atomic E-state index is 13.4. The first-order valence-electron chi connectivity index (χ1n) is 12.1. The van der Waals surface area contributed by atoms with Crippen LogP contribution in [-0.2, 0) is 9.53 Å². The van der Waals surface area contributed by atoms with Gasteiger partial charge in [-0.2, -0.15) is 0 Å². The van der Waals surface area contributed by atoms with Crippen LogP contribution in [0.25, 0.3) is 0 Å². The van der Waals surface area contributed by atoms with Crippen molar-refractivity contribution in [3.63, 3.8) is 0 Å². The van der Waals surface area contributed by atoms with E-state index in [2.05, 4.69) is 27.4 Å². The van der Waals surface area contributed by atoms with Crippen molar-refractivity contribution in [2.45, 2.75) is 77.4 Å². The molecule has 4 heterocycles. The first-order valence-corrected chi connectivity index (χ1v) is 12.9. The molecule has 184 valence electrons. The number of aryl methyl sites for hydroxylation is 1. The molecule has 2 aliphatic rings. The fourth-order valence-electron chi connectivity index (χ4n) is 4.66. The fraction of sp³-hybridized carbons (Fsp3) is 0.600. The van der Waals surface area contributed by atoms with Crippen LogP contribution in [-0.4, -0.2) is 63.0 Å². The van der Waals surface area contributed by atoms with Crippen molar-refractivity contribution in [3.8, 4) is 0 Å². The maximum absolute atomic E-state index is 13.4. The Morgan fingerprint density at radius 1 is 1.12 bits per heavy atom. The summed E-state index contributed by atoms with van der Waals surface area (Å²) in [5, 5.41) is 4.13. The molecule has 2 saturated heterocycles. The summed E-state index contributed by atoms with van der Waals surface area (Å²) >= 11 is 1.60. The summed E-state index contributed by atoms with van der Waals surface area (Å²) in [6.07, 6.45) is 7.65. The van der Waals surface area contributed by atoms with E-state index in [9.17, 15) is 9.59 Å². The molecule has 2 aromatic rings. The van der Waals surface area contributed by atoms with Crippen LogP contribution in [0.2, 0.25) is 0 Å². The minimum atomic E-state index is -0.572. The lowest BCUT2D eigenvalue weighted by Gasteiger charge is -2.40. The molecule has 0 aliphatic carbocycles. The third-order valence-corrected chi connectivity index (χ3v) is 7.16. The molecule has 4 rings (SSSR count). The van der Waals surface area contributed by atoms with Crippen LogP contribution in [0.1, 0.15) is 69.2 Å². The van der Waals surface area contributed by atoms with Gasteiger partial charge in [-0.05, 0) is 83.4 Å². The van der Waals surface area contributed by atoms with Crippen LogP contribution >= 0.6 is 11.3 Å². The molecule has 1 atom stereocenters. The van der Waals surface area contributed by atoms with Gasteiger partial charge in [-0.1, -0.05) is 0 Å². The zero-order chi connectivity index (χ0) is 24.3. The van der Waals surface area contributed by atoms with Crippen molar-refractivity contribution < 1.29 is 14.3 Å². The standard InChI is InChI=1S/C25H35N5O3S/c1-17-16-27-23(34-17)28-21-15-19(8-11-26-21)18-9-13-29(14-10-18)22(31)20-7-5-6-12-30(20)24(32)33-25(2,3)4/h8,11,15-16,18,20H,5-7,9-10,12-14H2,1-4H3,(H,26,27,28). The highest BCUT2D eigenvalue weighted by Gasteiger charge is 2.38. The van der Waals surface area contributed by atoms with Crippen LogP contribution in [0, 0.1) is 6.92 Å². The van der Waals surface area contributed by atoms with Gasteiger partial charge in [-0.15, -0.1) is 11.3 Å². The van der Waals surface area contributed by atoms with Gasteiger partial charge >= 0.3 is 6.09 Å². The first kappa shape index (κ1) is 24.4. The molecule has 0 bridgehead atoms. The normalized spacial score (nSPS) is 19.7. The third-order valence-electron chi connectivity index (χ3n) is 6.33. The van der Waals surface area contributed by atoms with Crippen molar-refractivity contribution in [3.05, 3.63) is 35.0 Å². The van der Waals surface area contributed by atoms with Gasteiger partial charge < -0.3 is 15.0 Å². The summed E-state index contributed by atoms with van der Waals surface area (Å²) < 4.78 is 5.58. The molecule has 2 fully saturated rings. The van der Waals surface area contributed by atoms with Crippen molar-refractivity contribution in [1.29, 1.82) is 0 Å². The highest BCUT2D eigenvalue weighted by atomic mass is 32.1. The monoisotopic (exact) mass is 485 g/mol. The Kier molecular flexibility index (Phi) is 7.40. The molecule has 9 heteroatoms. The average molecular weight is 486 g/mol. The Morgan fingerprint density at radius 2 is 1.88 bits per heavy atom. The molecule has 0 aromatic carbocycles. The Hall–Kier alpha value is -2.68. The number of nitrogens with zero attached hydrogens (tertiary/aromatic N) is 4. The zero-order valence-electron chi connectivity index (χ0n) is 20.5. The van der Waals surface area contributed by atoms with Crippen molar-refractivity contribution in [1.82, 2.24) is 19.8 Å². The molecule has 2 amide bonds. The van der Waals surface area contributed by atoms with Crippen LogP contribution < -0.4 is 5.32 Å². The van der Waals surface area contributed by atoms with Gasteiger partial charge in [-0.3, -0.25) is 9.69 Å². The lowest BCUT2D eigenvalue weighted by Crippen LogP contribution is -2.55. The Bertz CT molecular complexity index is 1010. The van der Waals surface area contributed by atoms with E-state index < -0.39 is 11.6 Å². The lowest BCUT2D eigenvalue weighted by molar-refractivity contribution is -0.139. The van der Waals surface area contributed by atoms with E-state index in [1.54, 1.807) is 16.2 Å². The fourth-order valence-corrected chi connectivity index (χ4v) is 5.33. The highest BCUT2D eigenvalue weighted by molar-refractivity contribution is 7.15. The second-order valence-corrected chi connectivity index (χ2v) is 11.4. The van der Waals surface area contributed by atoms with Gasteiger partial charge in [0.25, 0.3) is 0 Å². The van der Waals surface area contributed by atoms with Crippen molar-refractivity contribution in [2.24, 2.45) is 0 Å². The van der Waals surface area contributed by atoms with Crippen LogP contribution in [0.15, 0.2) is 24.5 Å². The smallest absolute Gasteiger partial charge is 0.410 e. The maximum Gasteiger partial charge on any atom is 0.410 e. The summed E-state index contributed by atoms with van der Waals surface area (Å²) in [7, 11) is 0. The summed E-state index contributed by atoms with van der Waals surface area (Å²) in [6, 6.07) is 3.73. The van der Waals surface area contributed by atoms with Crippen molar-refractivity contribution >= 4 is 34.3 Å². The third kappa shape index (κ3) is 6.05. The number of hydrogen-bond acceptors (Lipinski definition) is 7. The van der Waals surface area contributed by atoms with Gasteiger partial charge in [0.1, 0.15) is 17.5 Å². The van der Waals surface area contributed by atoms with E-state index in [0.717, 1.165) is 41.5 Å². The number of amides is 2. The second kappa shape index (κ2) is 10.3. The number of carbonyl (C=O) groups excluding carboxylic acids is 2. The number of thiazole rings is 1. The quantitative estimate of drug-likeness (QED) is 0.649. The lowest BCUT2D eigenvalue weighted by atomic mass is 9.89. The number of piperidine rings is 2. The molecule has 2 aliphatic heterocycles. The van der Waals surface area contributed by atoms with Gasteiger partial charge in [0.05, 0.1) is 0 Å². The van der Waals surface area contributed by atoms with Gasteiger partial charge in [0, 0.05) is 36.9 Å². The predicted octanol–water partition coefficient (Wildman–Crippen LogP) is 5.09. The summed E-state index contributed by atoms with van der Waals surface area (Å²) in [5.74, 6) is 1.22. The van der Waals surface area contributed by atoms with Crippen LogP contribution in [0.4, 0.5) is 15.7 Å². The molecule has 2 aromatic heterocycles. The van der Waals surface area contributed by atoms with E-state index in [4.69, 9.17) is 4.74 Å². The molecule has 1 N–H and O–H groups in total. The summed E-state index contributed by atoms with van der Waals surface area (Å²) in [6.45, 7) is 9.56. The Morgan fingerprint density at radius 3 is 2.56 bits per heavy atom. The van der Waals surface area contributed by atoms with E-state index in [-0.39, 0.29) is 12.0 Å². The molecular formula is C25H35N5O3S. The van der Waals surface area contributed by atoms with Crippen LogP contribution in [0.3, 0.4) is 0 Å². The summed E-state index contributed by atoms with van der Waals surface area (Å²) in [5.41, 5.74) is 0.655. The Labute approximate surface area is 205 Å². The van der Waals surface area contributed by atoms with E-state index in [0.29, 0.717) is 32.0 Å². The van der Waals surface area contributed by atoms with E-state index in [1.807, 2.05) is 45.0 Å². The number of rotatable bonds is 4. The highest BCUT2D eigenvalue weighted by Crippen LogP contribution is 2.31. The molecule has 34 heavy (non-hydrogen) atoms. The largest absolute Gasteiger partial charge is 0.444 e. The number of carbonyl (C=O) groups is 2. The first-order chi connectivity index (χ1) is 16.2. The number of likely N-dealkylation sites (tertiary alicyclic amines) is 2. The van der Waals surface area contributed by atoms with Gasteiger partial charge in [0.2, 0.25) is 5.91 Å². The SMILES string of the molecule is Cc1cnc(Nc2cc(C3CCN(C(=O)C4CCCCN4C(=O)OC(C)(C)C)CC3)ccn2)s1. The van der Waals surface area contributed by atoms with Gasteiger partial charge in [-0.25, -0.2) is 14.8 Å².